The number of rotatable bonds is 3. The number of hydrogen-bond donors (Lipinski definition) is 1. The van der Waals surface area contributed by atoms with Crippen LogP contribution < -0.4 is 4.74 Å². The molecule has 0 amide bonds. The van der Waals surface area contributed by atoms with E-state index >= 15 is 0 Å². The second-order valence-electron chi connectivity index (χ2n) is 4.75. The van der Waals surface area contributed by atoms with E-state index in [1.54, 1.807) is 24.3 Å². The van der Waals surface area contributed by atoms with Gasteiger partial charge in [-0.3, -0.25) is 0 Å². The molecule has 1 aromatic heterocycles. The molecule has 3 aromatic rings. The van der Waals surface area contributed by atoms with Crippen LogP contribution in [0.4, 0.5) is 0 Å². The number of carboxylic acid groups (broad SMARTS) is 1. The third kappa shape index (κ3) is 2.49. The minimum atomic E-state index is -0.963. The second kappa shape index (κ2) is 5.66. The van der Waals surface area contributed by atoms with Gasteiger partial charge in [0, 0.05) is 11.6 Å². The highest BCUT2D eigenvalue weighted by Crippen LogP contribution is 2.35. The highest BCUT2D eigenvalue weighted by molar-refractivity contribution is 6.33. The van der Waals surface area contributed by atoms with Gasteiger partial charge in [-0.2, -0.15) is 0 Å². The maximum atomic E-state index is 11.2. The summed E-state index contributed by atoms with van der Waals surface area (Å²) in [6.07, 6.45) is 1.52. The zero-order valence-electron chi connectivity index (χ0n) is 11.7. The summed E-state index contributed by atoms with van der Waals surface area (Å²) in [5.74, 6) is -0.513. The fourth-order valence-corrected chi connectivity index (χ4v) is 2.58. The molecule has 2 aromatic carbocycles. The molecule has 0 saturated carbocycles. The molecule has 0 spiro atoms. The standard InChI is InChI=1S/C17H12ClNO3/c1-22-16-8-14(15(18)9-19-16)12-4-2-3-10-5-6-11(17(20)21)7-13(10)12/h2-9H,1H3,(H,20,21). The van der Waals surface area contributed by atoms with Crippen molar-refractivity contribution in [1.29, 1.82) is 0 Å². The van der Waals surface area contributed by atoms with E-state index in [1.165, 1.54) is 13.3 Å². The lowest BCUT2D eigenvalue weighted by Gasteiger charge is -2.10. The van der Waals surface area contributed by atoms with Gasteiger partial charge in [-0.25, -0.2) is 9.78 Å². The van der Waals surface area contributed by atoms with Crippen molar-refractivity contribution < 1.29 is 14.6 Å². The first kappa shape index (κ1) is 14.4. The smallest absolute Gasteiger partial charge is 0.335 e. The molecule has 0 radical (unpaired) electrons. The predicted molar refractivity (Wildman–Crippen MR) is 85.7 cm³/mol. The van der Waals surface area contributed by atoms with Gasteiger partial charge in [0.25, 0.3) is 0 Å². The number of hydrogen-bond acceptors (Lipinski definition) is 3. The molecule has 0 aliphatic heterocycles. The van der Waals surface area contributed by atoms with Crippen LogP contribution in [0.5, 0.6) is 5.88 Å². The molecule has 0 saturated heterocycles. The quantitative estimate of drug-likeness (QED) is 0.784. The Bertz CT molecular complexity index is 877. The van der Waals surface area contributed by atoms with Gasteiger partial charge in [0.15, 0.2) is 0 Å². The third-order valence-electron chi connectivity index (χ3n) is 3.46. The van der Waals surface area contributed by atoms with Gasteiger partial charge in [-0.1, -0.05) is 35.9 Å². The highest BCUT2D eigenvalue weighted by Gasteiger charge is 2.12. The van der Waals surface area contributed by atoms with Crippen LogP contribution >= 0.6 is 11.6 Å². The predicted octanol–water partition coefficient (Wildman–Crippen LogP) is 4.26. The average Bonchev–Trinajstić information content (AvgIpc) is 2.54. The Balaban J connectivity index is 2.30. The van der Waals surface area contributed by atoms with Crippen LogP contribution in [0.3, 0.4) is 0 Å². The molecule has 22 heavy (non-hydrogen) atoms. The maximum absolute atomic E-state index is 11.2. The van der Waals surface area contributed by atoms with Crippen molar-refractivity contribution in [2.45, 2.75) is 0 Å². The molecule has 1 N–H and O–H groups in total. The van der Waals surface area contributed by atoms with Gasteiger partial charge in [0.05, 0.1) is 23.9 Å². The summed E-state index contributed by atoms with van der Waals surface area (Å²) in [7, 11) is 1.53. The molecule has 0 unspecified atom stereocenters. The molecule has 3 rings (SSSR count). The lowest BCUT2D eigenvalue weighted by molar-refractivity contribution is 0.0697. The van der Waals surface area contributed by atoms with Crippen molar-refractivity contribution in [2.24, 2.45) is 0 Å². The van der Waals surface area contributed by atoms with Crippen molar-refractivity contribution in [3.05, 3.63) is 59.2 Å². The number of carboxylic acids is 1. The number of nitrogens with zero attached hydrogens (tertiary/aromatic N) is 1. The van der Waals surface area contributed by atoms with Crippen LogP contribution in [0.25, 0.3) is 21.9 Å². The van der Waals surface area contributed by atoms with Crippen LogP contribution in [0.2, 0.25) is 5.02 Å². The lowest BCUT2D eigenvalue weighted by Crippen LogP contribution is -1.96. The second-order valence-corrected chi connectivity index (χ2v) is 5.16. The molecule has 1 heterocycles. The summed E-state index contributed by atoms with van der Waals surface area (Å²) in [6.45, 7) is 0. The van der Waals surface area contributed by atoms with E-state index < -0.39 is 5.97 Å². The molecule has 0 bridgehead atoms. The van der Waals surface area contributed by atoms with Gasteiger partial charge in [-0.05, 0) is 28.5 Å². The zero-order valence-corrected chi connectivity index (χ0v) is 12.5. The fraction of sp³-hybridized carbons (Fsp3) is 0.0588. The van der Waals surface area contributed by atoms with E-state index in [0.29, 0.717) is 10.9 Å². The normalized spacial score (nSPS) is 10.6. The number of halogens is 1. The first-order valence-electron chi connectivity index (χ1n) is 6.56. The van der Waals surface area contributed by atoms with Gasteiger partial charge in [0.2, 0.25) is 5.88 Å². The third-order valence-corrected chi connectivity index (χ3v) is 3.76. The Kier molecular flexibility index (Phi) is 3.69. The minimum absolute atomic E-state index is 0.233. The largest absolute Gasteiger partial charge is 0.481 e. The SMILES string of the molecule is COc1cc(-c2cccc3ccc(C(=O)O)cc23)c(Cl)cn1. The van der Waals surface area contributed by atoms with Crippen molar-refractivity contribution >= 4 is 28.3 Å². The molecule has 0 aliphatic rings. The molecule has 0 atom stereocenters. The zero-order chi connectivity index (χ0) is 15.7. The maximum Gasteiger partial charge on any atom is 0.335 e. The van der Waals surface area contributed by atoms with Crippen LogP contribution in [0.15, 0.2) is 48.7 Å². The molecule has 5 heteroatoms. The number of aromatic nitrogens is 1. The summed E-state index contributed by atoms with van der Waals surface area (Å²) in [5, 5.41) is 11.4. The number of ether oxygens (including phenoxy) is 1. The van der Waals surface area contributed by atoms with E-state index in [2.05, 4.69) is 4.98 Å². The summed E-state index contributed by atoms with van der Waals surface area (Å²) >= 11 is 6.26. The Morgan fingerprint density at radius 3 is 2.73 bits per heavy atom. The van der Waals surface area contributed by atoms with E-state index in [4.69, 9.17) is 16.3 Å². The summed E-state index contributed by atoms with van der Waals surface area (Å²) in [4.78, 5) is 15.3. The number of fused-ring (bicyclic) bond motifs is 1. The molecule has 0 aliphatic carbocycles. The van der Waals surface area contributed by atoms with Crippen LogP contribution in [0, 0.1) is 0 Å². The van der Waals surface area contributed by atoms with Crippen molar-refractivity contribution in [2.75, 3.05) is 7.11 Å². The van der Waals surface area contributed by atoms with Crippen molar-refractivity contribution in [3.8, 4) is 17.0 Å². The van der Waals surface area contributed by atoms with Gasteiger partial charge in [0.1, 0.15) is 0 Å². The Labute approximate surface area is 131 Å². The highest BCUT2D eigenvalue weighted by atomic mass is 35.5. The summed E-state index contributed by atoms with van der Waals surface area (Å²) in [6, 6.07) is 12.5. The van der Waals surface area contributed by atoms with Crippen LogP contribution in [-0.2, 0) is 0 Å². The van der Waals surface area contributed by atoms with Crippen LogP contribution in [-0.4, -0.2) is 23.2 Å². The summed E-state index contributed by atoms with van der Waals surface area (Å²) in [5.41, 5.74) is 1.82. The Morgan fingerprint density at radius 2 is 2.00 bits per heavy atom. The Hall–Kier alpha value is -2.59. The van der Waals surface area contributed by atoms with Crippen molar-refractivity contribution in [1.82, 2.24) is 4.98 Å². The van der Waals surface area contributed by atoms with E-state index in [1.807, 2.05) is 18.2 Å². The van der Waals surface area contributed by atoms with E-state index in [0.717, 1.165) is 21.9 Å². The number of pyridine rings is 1. The topological polar surface area (TPSA) is 59.4 Å². The van der Waals surface area contributed by atoms with Crippen molar-refractivity contribution in [3.63, 3.8) is 0 Å². The molecule has 0 fully saturated rings. The fourth-order valence-electron chi connectivity index (χ4n) is 2.38. The first-order chi connectivity index (χ1) is 10.6. The van der Waals surface area contributed by atoms with Crippen LogP contribution in [0.1, 0.15) is 10.4 Å². The number of carbonyl (C=O) groups is 1. The van der Waals surface area contributed by atoms with Gasteiger partial charge >= 0.3 is 5.97 Å². The molecule has 110 valence electrons. The average molecular weight is 314 g/mol. The number of methoxy groups -OCH3 is 1. The van der Waals surface area contributed by atoms with Gasteiger partial charge in [-0.15, -0.1) is 0 Å². The molecule has 4 nitrogen and oxygen atoms in total. The minimum Gasteiger partial charge on any atom is -0.481 e. The number of benzene rings is 2. The lowest BCUT2D eigenvalue weighted by atomic mass is 9.97. The molecular formula is C17H12ClNO3. The van der Waals surface area contributed by atoms with Gasteiger partial charge < -0.3 is 9.84 Å². The summed E-state index contributed by atoms with van der Waals surface area (Å²) < 4.78 is 5.14. The monoisotopic (exact) mass is 313 g/mol. The van der Waals surface area contributed by atoms with E-state index in [9.17, 15) is 9.90 Å². The van der Waals surface area contributed by atoms with E-state index in [-0.39, 0.29) is 5.56 Å². The molecular weight excluding hydrogens is 302 g/mol. The first-order valence-corrected chi connectivity index (χ1v) is 6.94. The Morgan fingerprint density at radius 1 is 1.18 bits per heavy atom. The number of aromatic carboxylic acids is 1.